The molecule has 23 heavy (non-hydrogen) atoms. The normalized spacial score (nSPS) is 19.1. The van der Waals surface area contributed by atoms with Gasteiger partial charge in [-0.05, 0) is 52.7 Å². The highest BCUT2D eigenvalue weighted by atomic mass is 16.6. The molecular formula is C17H24N4O2. The van der Waals surface area contributed by atoms with Gasteiger partial charge in [-0.2, -0.15) is 5.10 Å². The molecule has 1 unspecified atom stereocenters. The molecule has 0 N–H and O–H groups in total. The van der Waals surface area contributed by atoms with E-state index in [1.807, 2.05) is 44.5 Å². The van der Waals surface area contributed by atoms with E-state index in [9.17, 15) is 4.79 Å². The summed E-state index contributed by atoms with van der Waals surface area (Å²) in [6, 6.07) is 4.10. The molecule has 0 spiro atoms. The highest BCUT2D eigenvalue weighted by Crippen LogP contribution is 2.26. The van der Waals surface area contributed by atoms with E-state index in [1.54, 1.807) is 11.1 Å². The van der Waals surface area contributed by atoms with Crippen LogP contribution in [0.4, 0.5) is 4.79 Å². The van der Waals surface area contributed by atoms with Crippen molar-refractivity contribution in [3.63, 3.8) is 0 Å². The molecule has 1 aliphatic rings. The summed E-state index contributed by atoms with van der Waals surface area (Å²) < 4.78 is 7.47. The lowest BCUT2D eigenvalue weighted by atomic mass is 10.1. The molecule has 0 radical (unpaired) electrons. The van der Waals surface area contributed by atoms with Crippen LogP contribution in [0.25, 0.3) is 11.0 Å². The van der Waals surface area contributed by atoms with Crippen molar-refractivity contribution in [3.8, 4) is 0 Å². The number of ether oxygens (including phenoxy) is 1. The van der Waals surface area contributed by atoms with Crippen LogP contribution in [0, 0.1) is 6.92 Å². The average Bonchev–Trinajstić information content (AvgIpc) is 2.83. The highest BCUT2D eigenvalue weighted by Gasteiger charge is 2.29. The summed E-state index contributed by atoms with van der Waals surface area (Å²) in [5.41, 5.74) is 1.39. The third-order valence-electron chi connectivity index (χ3n) is 4.05. The maximum atomic E-state index is 12.3. The molecule has 124 valence electrons. The smallest absolute Gasteiger partial charge is 0.410 e. The molecule has 2 aromatic heterocycles. The summed E-state index contributed by atoms with van der Waals surface area (Å²) in [5, 5.41) is 5.73. The molecule has 2 aromatic rings. The largest absolute Gasteiger partial charge is 0.444 e. The lowest BCUT2D eigenvalue weighted by molar-refractivity contribution is 0.0169. The Hall–Kier alpha value is -2.11. The van der Waals surface area contributed by atoms with Crippen molar-refractivity contribution in [1.29, 1.82) is 0 Å². The van der Waals surface area contributed by atoms with Gasteiger partial charge in [0.05, 0.1) is 11.7 Å². The minimum atomic E-state index is -0.472. The van der Waals surface area contributed by atoms with E-state index in [0.29, 0.717) is 6.54 Å². The van der Waals surface area contributed by atoms with Crippen LogP contribution < -0.4 is 0 Å². The van der Waals surface area contributed by atoms with Gasteiger partial charge in [0, 0.05) is 24.7 Å². The summed E-state index contributed by atoms with van der Waals surface area (Å²) in [7, 11) is 0. The number of rotatable bonds is 1. The number of hydrogen-bond donors (Lipinski definition) is 0. The van der Waals surface area contributed by atoms with Crippen LogP contribution in [0.5, 0.6) is 0 Å². The van der Waals surface area contributed by atoms with Crippen molar-refractivity contribution < 1.29 is 9.53 Å². The topological polar surface area (TPSA) is 60.2 Å². The van der Waals surface area contributed by atoms with E-state index in [0.717, 1.165) is 36.1 Å². The fraction of sp³-hybridized carbons (Fsp3) is 0.588. The molecular weight excluding hydrogens is 292 g/mol. The first-order valence-corrected chi connectivity index (χ1v) is 8.13. The number of likely N-dealkylation sites (tertiary alicyclic amines) is 1. The molecule has 1 aliphatic heterocycles. The second-order valence-corrected chi connectivity index (χ2v) is 7.13. The minimum Gasteiger partial charge on any atom is -0.444 e. The molecule has 1 atom stereocenters. The molecule has 1 fully saturated rings. The van der Waals surface area contributed by atoms with E-state index >= 15 is 0 Å². The van der Waals surface area contributed by atoms with Crippen LogP contribution in [-0.4, -0.2) is 44.4 Å². The van der Waals surface area contributed by atoms with Gasteiger partial charge < -0.3 is 9.64 Å². The molecule has 1 amide bonds. The van der Waals surface area contributed by atoms with Crippen molar-refractivity contribution in [1.82, 2.24) is 19.7 Å². The minimum absolute atomic E-state index is 0.141. The number of amides is 1. The molecule has 0 aliphatic carbocycles. The molecule has 1 saturated heterocycles. The van der Waals surface area contributed by atoms with E-state index in [1.165, 1.54) is 0 Å². The Morgan fingerprint density at radius 3 is 2.91 bits per heavy atom. The first-order valence-electron chi connectivity index (χ1n) is 8.13. The Balaban J connectivity index is 1.82. The molecule has 0 saturated carbocycles. The lowest BCUT2D eigenvalue weighted by Crippen LogP contribution is -2.43. The van der Waals surface area contributed by atoms with Gasteiger partial charge in [0.2, 0.25) is 0 Å². The fourth-order valence-corrected chi connectivity index (χ4v) is 3.03. The Labute approximate surface area is 136 Å². The number of carbonyl (C=O) groups excluding carboxylic acids is 1. The molecule has 3 heterocycles. The van der Waals surface area contributed by atoms with E-state index in [-0.39, 0.29) is 12.1 Å². The van der Waals surface area contributed by atoms with Crippen molar-refractivity contribution in [2.45, 2.75) is 52.2 Å². The van der Waals surface area contributed by atoms with Gasteiger partial charge in [-0.15, -0.1) is 0 Å². The average molecular weight is 316 g/mol. The second-order valence-electron chi connectivity index (χ2n) is 7.13. The molecule has 0 aromatic carbocycles. The maximum absolute atomic E-state index is 12.3. The second kappa shape index (κ2) is 5.83. The van der Waals surface area contributed by atoms with Crippen molar-refractivity contribution in [3.05, 3.63) is 24.0 Å². The summed E-state index contributed by atoms with van der Waals surface area (Å²) in [4.78, 5) is 18.6. The summed E-state index contributed by atoms with van der Waals surface area (Å²) >= 11 is 0. The van der Waals surface area contributed by atoms with Gasteiger partial charge >= 0.3 is 6.09 Å². The number of carbonyl (C=O) groups is 1. The fourth-order valence-electron chi connectivity index (χ4n) is 3.03. The van der Waals surface area contributed by atoms with Crippen LogP contribution in [0.1, 0.15) is 45.3 Å². The van der Waals surface area contributed by atoms with Gasteiger partial charge in [-0.1, -0.05) is 0 Å². The lowest BCUT2D eigenvalue weighted by Gasteiger charge is -2.34. The van der Waals surface area contributed by atoms with Gasteiger partial charge in [0.25, 0.3) is 0 Å². The van der Waals surface area contributed by atoms with Crippen molar-refractivity contribution in [2.75, 3.05) is 13.1 Å². The predicted molar refractivity (Wildman–Crippen MR) is 88.3 cm³/mol. The Morgan fingerprint density at radius 1 is 1.39 bits per heavy atom. The van der Waals surface area contributed by atoms with Crippen LogP contribution >= 0.6 is 0 Å². The standard InChI is InChI=1S/C17H24N4O2/c1-12-14-8-5-9-18-15(14)21(19-12)13-7-6-10-20(11-13)16(22)23-17(2,3)4/h5,8-9,13H,6-7,10-11H2,1-4H3. The third-order valence-corrected chi connectivity index (χ3v) is 4.05. The molecule has 3 rings (SSSR count). The van der Waals surface area contributed by atoms with Crippen LogP contribution in [-0.2, 0) is 4.74 Å². The highest BCUT2D eigenvalue weighted by molar-refractivity contribution is 5.78. The Morgan fingerprint density at radius 2 is 2.17 bits per heavy atom. The van der Waals surface area contributed by atoms with Crippen LogP contribution in [0.2, 0.25) is 0 Å². The maximum Gasteiger partial charge on any atom is 0.410 e. The molecule has 0 bridgehead atoms. The van der Waals surface area contributed by atoms with Crippen LogP contribution in [0.15, 0.2) is 18.3 Å². The number of nitrogens with zero attached hydrogens (tertiary/aromatic N) is 4. The van der Waals surface area contributed by atoms with Crippen molar-refractivity contribution in [2.24, 2.45) is 0 Å². The number of pyridine rings is 1. The first-order chi connectivity index (χ1) is 10.8. The number of fused-ring (bicyclic) bond motifs is 1. The monoisotopic (exact) mass is 316 g/mol. The number of hydrogen-bond acceptors (Lipinski definition) is 4. The number of aromatic nitrogens is 3. The van der Waals surface area contributed by atoms with Gasteiger partial charge in [0.15, 0.2) is 5.65 Å². The predicted octanol–water partition coefficient (Wildman–Crippen LogP) is 3.31. The molecule has 6 nitrogen and oxygen atoms in total. The van der Waals surface area contributed by atoms with E-state index in [4.69, 9.17) is 4.74 Å². The summed E-state index contributed by atoms with van der Waals surface area (Å²) in [6.45, 7) is 9.01. The zero-order chi connectivity index (χ0) is 16.6. The van der Waals surface area contributed by atoms with Gasteiger partial charge in [-0.25, -0.2) is 14.5 Å². The van der Waals surface area contributed by atoms with Gasteiger partial charge in [-0.3, -0.25) is 0 Å². The first kappa shape index (κ1) is 15.8. The quantitative estimate of drug-likeness (QED) is 0.810. The Kier molecular flexibility index (Phi) is 4.00. The summed E-state index contributed by atoms with van der Waals surface area (Å²) in [6.07, 6.45) is 3.47. The molecule has 6 heteroatoms. The zero-order valence-electron chi connectivity index (χ0n) is 14.2. The van der Waals surface area contributed by atoms with Crippen LogP contribution in [0.3, 0.4) is 0 Å². The Bertz CT molecular complexity index is 717. The number of piperidine rings is 1. The third kappa shape index (κ3) is 3.30. The van der Waals surface area contributed by atoms with Gasteiger partial charge in [0.1, 0.15) is 5.60 Å². The summed E-state index contributed by atoms with van der Waals surface area (Å²) in [5.74, 6) is 0. The van der Waals surface area contributed by atoms with Crippen molar-refractivity contribution >= 4 is 17.1 Å². The zero-order valence-corrected chi connectivity index (χ0v) is 14.2. The number of aryl methyl sites for hydroxylation is 1. The van der Waals surface area contributed by atoms with E-state index in [2.05, 4.69) is 10.1 Å². The van der Waals surface area contributed by atoms with E-state index < -0.39 is 5.60 Å². The SMILES string of the molecule is Cc1nn(C2CCCN(C(=O)OC(C)(C)C)C2)c2ncccc12.